The number of nitrogens with one attached hydrogen (secondary N) is 1. The van der Waals surface area contributed by atoms with Crippen molar-refractivity contribution in [1.82, 2.24) is 0 Å². The van der Waals surface area contributed by atoms with Crippen molar-refractivity contribution in [3.05, 3.63) is 27.7 Å². The van der Waals surface area contributed by atoms with Gasteiger partial charge in [0, 0.05) is 5.02 Å². The second kappa shape index (κ2) is 5.98. The summed E-state index contributed by atoms with van der Waals surface area (Å²) in [6.45, 7) is 5.72. The summed E-state index contributed by atoms with van der Waals surface area (Å²) in [5, 5.41) is 3.41. The molecule has 1 aromatic carbocycles. The van der Waals surface area contributed by atoms with Gasteiger partial charge in [-0.15, -0.1) is 0 Å². The van der Waals surface area contributed by atoms with Gasteiger partial charge in [-0.25, -0.2) is 0 Å². The fraction of sp³-hybridized carbons (Fsp3) is 0.417. The first-order valence-corrected chi connectivity index (χ1v) is 6.54. The predicted octanol–water partition coefficient (Wildman–Crippen LogP) is 4.19. The highest BCUT2D eigenvalue weighted by Crippen LogP contribution is 2.29. The van der Waals surface area contributed by atoms with Gasteiger partial charge in [0.15, 0.2) is 0 Å². The summed E-state index contributed by atoms with van der Waals surface area (Å²) >= 11 is 16.3. The van der Waals surface area contributed by atoms with E-state index in [4.69, 9.17) is 23.2 Å². The van der Waals surface area contributed by atoms with Crippen molar-refractivity contribution in [3.8, 4) is 0 Å². The quantitative estimate of drug-likeness (QED) is 0.803. The van der Waals surface area contributed by atoms with E-state index >= 15 is 0 Å². The summed E-state index contributed by atoms with van der Waals surface area (Å²) in [7, 11) is 0. The lowest BCUT2D eigenvalue weighted by Gasteiger charge is -2.15. The molecule has 1 N–H and O–H groups in total. The Kier molecular flexibility index (Phi) is 5.17. The maximum atomic E-state index is 11.8. The molecule has 0 saturated heterocycles. The Hall–Kier alpha value is -0.380. The Bertz CT molecular complexity index is 435. The Labute approximate surface area is 117 Å². The number of anilines is 1. The molecule has 0 saturated carbocycles. The lowest BCUT2D eigenvalue weighted by molar-refractivity contribution is -0.116. The van der Waals surface area contributed by atoms with Gasteiger partial charge in [-0.3, -0.25) is 4.79 Å². The maximum absolute atomic E-state index is 11.8. The highest BCUT2D eigenvalue weighted by atomic mass is 35.5. The highest BCUT2D eigenvalue weighted by Gasteiger charge is 2.18. The first-order chi connectivity index (χ1) is 7.82. The minimum absolute atomic E-state index is 0.151. The minimum atomic E-state index is -0.369. The number of amides is 1. The molecule has 0 aliphatic heterocycles. The zero-order valence-corrected chi connectivity index (χ0v) is 12.3. The van der Waals surface area contributed by atoms with Crippen LogP contribution in [0.25, 0.3) is 0 Å². The molecule has 0 aliphatic carbocycles. The number of thiol groups is 1. The standard InChI is InChI=1S/C12H15Cl2NOS/c1-6(2)11(17)12(16)15-10-5-8(13)7(3)4-9(10)14/h4-6,11,17H,1-3H3,(H,15,16). The minimum Gasteiger partial charge on any atom is -0.324 e. The van der Waals surface area contributed by atoms with Crippen LogP contribution in [0.5, 0.6) is 0 Å². The maximum Gasteiger partial charge on any atom is 0.237 e. The van der Waals surface area contributed by atoms with Gasteiger partial charge in [-0.1, -0.05) is 37.0 Å². The molecule has 1 atom stereocenters. The number of benzene rings is 1. The third-order valence-electron chi connectivity index (χ3n) is 2.41. The molecule has 94 valence electrons. The van der Waals surface area contributed by atoms with Crippen LogP contribution in [0.15, 0.2) is 12.1 Å². The number of aryl methyl sites for hydroxylation is 1. The number of carbonyl (C=O) groups is 1. The van der Waals surface area contributed by atoms with Crippen molar-refractivity contribution in [1.29, 1.82) is 0 Å². The molecule has 1 rings (SSSR count). The number of hydrogen-bond acceptors (Lipinski definition) is 2. The number of rotatable bonds is 3. The van der Waals surface area contributed by atoms with Gasteiger partial charge in [0.05, 0.1) is 16.0 Å². The van der Waals surface area contributed by atoms with Gasteiger partial charge >= 0.3 is 0 Å². The highest BCUT2D eigenvalue weighted by molar-refractivity contribution is 7.81. The van der Waals surface area contributed by atoms with Crippen molar-refractivity contribution in [3.63, 3.8) is 0 Å². The van der Waals surface area contributed by atoms with Crippen LogP contribution in [0.2, 0.25) is 10.0 Å². The molecule has 0 spiro atoms. The molecule has 0 radical (unpaired) electrons. The summed E-state index contributed by atoms with van der Waals surface area (Å²) < 4.78 is 0. The van der Waals surface area contributed by atoms with Gasteiger partial charge in [0.2, 0.25) is 5.91 Å². The first kappa shape index (κ1) is 14.7. The molecule has 0 bridgehead atoms. The molecule has 1 aromatic rings. The Balaban J connectivity index is 2.89. The third kappa shape index (κ3) is 3.80. The van der Waals surface area contributed by atoms with E-state index in [9.17, 15) is 4.79 Å². The Morgan fingerprint density at radius 3 is 2.41 bits per heavy atom. The normalized spacial score (nSPS) is 12.6. The Morgan fingerprint density at radius 1 is 1.29 bits per heavy atom. The summed E-state index contributed by atoms with van der Waals surface area (Å²) in [6, 6.07) is 3.38. The van der Waals surface area contributed by atoms with E-state index in [2.05, 4.69) is 17.9 Å². The van der Waals surface area contributed by atoms with Gasteiger partial charge < -0.3 is 5.32 Å². The first-order valence-electron chi connectivity index (χ1n) is 5.27. The molecule has 0 heterocycles. The molecule has 5 heteroatoms. The summed E-state index contributed by atoms with van der Waals surface area (Å²) in [6.07, 6.45) is 0. The molecule has 17 heavy (non-hydrogen) atoms. The van der Waals surface area contributed by atoms with Gasteiger partial charge in [-0.2, -0.15) is 12.6 Å². The number of halogens is 2. The number of hydrogen-bond donors (Lipinski definition) is 2. The molecule has 1 amide bonds. The Morgan fingerprint density at radius 2 is 1.88 bits per heavy atom. The van der Waals surface area contributed by atoms with E-state index in [0.717, 1.165) is 5.56 Å². The van der Waals surface area contributed by atoms with Crippen molar-refractivity contribution in [2.24, 2.45) is 5.92 Å². The van der Waals surface area contributed by atoms with Crippen LogP contribution in [0, 0.1) is 12.8 Å². The second-order valence-corrected chi connectivity index (χ2v) is 5.63. The van der Waals surface area contributed by atoms with Crippen LogP contribution >= 0.6 is 35.8 Å². The van der Waals surface area contributed by atoms with E-state index in [1.165, 1.54) is 0 Å². The number of carbonyl (C=O) groups excluding carboxylic acids is 1. The largest absolute Gasteiger partial charge is 0.324 e. The van der Waals surface area contributed by atoms with Crippen LogP contribution < -0.4 is 5.32 Å². The summed E-state index contributed by atoms with van der Waals surface area (Å²) in [5.74, 6) is -0.0248. The average molecular weight is 292 g/mol. The van der Waals surface area contributed by atoms with Crippen LogP contribution in [-0.4, -0.2) is 11.2 Å². The fourth-order valence-corrected chi connectivity index (χ4v) is 1.75. The SMILES string of the molecule is Cc1cc(Cl)c(NC(=O)C(S)C(C)C)cc1Cl. The van der Waals surface area contributed by atoms with E-state index in [-0.39, 0.29) is 17.1 Å². The molecular weight excluding hydrogens is 277 g/mol. The van der Waals surface area contributed by atoms with Crippen molar-refractivity contribution in [2.45, 2.75) is 26.0 Å². The van der Waals surface area contributed by atoms with Crippen molar-refractivity contribution >= 4 is 47.4 Å². The molecule has 2 nitrogen and oxygen atoms in total. The molecule has 0 fully saturated rings. The van der Waals surface area contributed by atoms with Crippen LogP contribution in [-0.2, 0) is 4.79 Å². The molecule has 0 aliphatic rings. The van der Waals surface area contributed by atoms with Crippen LogP contribution in [0.1, 0.15) is 19.4 Å². The third-order valence-corrected chi connectivity index (χ3v) is 3.96. The molecular formula is C12H15Cl2NOS. The fourth-order valence-electron chi connectivity index (χ4n) is 1.25. The topological polar surface area (TPSA) is 29.1 Å². The van der Waals surface area contributed by atoms with Crippen LogP contribution in [0.4, 0.5) is 5.69 Å². The van der Waals surface area contributed by atoms with E-state index in [0.29, 0.717) is 15.7 Å². The van der Waals surface area contributed by atoms with Crippen molar-refractivity contribution < 1.29 is 4.79 Å². The van der Waals surface area contributed by atoms with Crippen LogP contribution in [0.3, 0.4) is 0 Å². The average Bonchev–Trinajstić information content (AvgIpc) is 2.24. The summed E-state index contributed by atoms with van der Waals surface area (Å²) in [5.41, 5.74) is 1.40. The zero-order chi connectivity index (χ0) is 13.2. The lowest BCUT2D eigenvalue weighted by atomic mass is 10.1. The van der Waals surface area contributed by atoms with Gasteiger partial charge in [0.1, 0.15) is 0 Å². The second-order valence-electron chi connectivity index (χ2n) is 4.26. The van der Waals surface area contributed by atoms with Crippen molar-refractivity contribution in [2.75, 3.05) is 5.32 Å². The monoisotopic (exact) mass is 291 g/mol. The van der Waals surface area contributed by atoms with Gasteiger partial charge in [-0.05, 0) is 30.5 Å². The van der Waals surface area contributed by atoms with E-state index in [1.807, 2.05) is 20.8 Å². The molecule has 1 unspecified atom stereocenters. The molecule has 0 aromatic heterocycles. The van der Waals surface area contributed by atoms with Gasteiger partial charge in [0.25, 0.3) is 0 Å². The smallest absolute Gasteiger partial charge is 0.237 e. The predicted molar refractivity (Wildman–Crippen MR) is 77.4 cm³/mol. The zero-order valence-electron chi connectivity index (χ0n) is 9.92. The summed E-state index contributed by atoms with van der Waals surface area (Å²) in [4.78, 5) is 11.8. The lowest BCUT2D eigenvalue weighted by Crippen LogP contribution is -2.27. The van der Waals surface area contributed by atoms with E-state index < -0.39 is 0 Å². The van der Waals surface area contributed by atoms with E-state index in [1.54, 1.807) is 12.1 Å².